The second-order valence-corrected chi connectivity index (χ2v) is 11.0. The van der Waals surface area contributed by atoms with E-state index in [1.807, 2.05) is 39.0 Å². The highest BCUT2D eigenvalue weighted by molar-refractivity contribution is 5.72. The average Bonchev–Trinajstić information content (AvgIpc) is 3.67. The fourth-order valence-corrected chi connectivity index (χ4v) is 6.13. The van der Waals surface area contributed by atoms with E-state index in [0.29, 0.717) is 43.9 Å². The number of hydrogen-bond acceptors (Lipinski definition) is 5. The van der Waals surface area contributed by atoms with Crippen molar-refractivity contribution in [2.75, 3.05) is 0 Å². The minimum Gasteiger partial charge on any atom is -0.515 e. The van der Waals surface area contributed by atoms with E-state index in [1.54, 1.807) is 18.2 Å². The molecule has 1 aliphatic heterocycles. The number of aliphatic hydroxyl groups excluding tert-OH is 2. The Morgan fingerprint density at radius 3 is 1.87 bits per heavy atom. The van der Waals surface area contributed by atoms with Crippen molar-refractivity contribution in [1.29, 1.82) is 0 Å². The number of aliphatic hydroxyl groups is 3. The van der Waals surface area contributed by atoms with Crippen LogP contribution in [0.15, 0.2) is 6.58 Å². The van der Waals surface area contributed by atoms with Crippen molar-refractivity contribution >= 4 is 54.7 Å². The molecule has 0 unspecified atom stereocenters. The number of aromatic amines is 4. The molecule has 0 radical (unpaired) electrons. The standard InChI is InChI=1S/C34H36N4O7/c1-5-18-16(3)23-11-26-19(6-2)22(15-39)29(37-26)12-24-17(4)20(7-9-31(40)41)27(36-24)13-28-21(8-10-32(42)43)33(34(44)45)30(38-28)14-25(18)35-23/h5-6,11-15,34-39,44-45H,1,7-10H2,2-4H3,(H,40,41)(H,42,43)/b19-6+,22-15-,26-11-,28-13-,29-12-,30-14-. The zero-order valence-corrected chi connectivity index (χ0v) is 25.2. The highest BCUT2D eigenvalue weighted by Crippen LogP contribution is 2.23. The molecule has 45 heavy (non-hydrogen) atoms. The zero-order chi connectivity index (χ0) is 32.6. The summed E-state index contributed by atoms with van der Waals surface area (Å²) in [5, 5.41) is 53.8. The Kier molecular flexibility index (Phi) is 8.58. The minimum absolute atomic E-state index is 0.00956. The van der Waals surface area contributed by atoms with E-state index in [1.165, 1.54) is 0 Å². The van der Waals surface area contributed by atoms with Gasteiger partial charge in [0.25, 0.3) is 0 Å². The summed E-state index contributed by atoms with van der Waals surface area (Å²) in [6, 6.07) is 0. The van der Waals surface area contributed by atoms with E-state index in [2.05, 4.69) is 26.5 Å². The molecule has 9 N–H and O–H groups in total. The number of rotatable bonds is 8. The van der Waals surface area contributed by atoms with E-state index < -0.39 is 18.2 Å². The van der Waals surface area contributed by atoms with E-state index in [-0.39, 0.29) is 31.2 Å². The van der Waals surface area contributed by atoms with Crippen LogP contribution in [0.5, 0.6) is 0 Å². The lowest BCUT2D eigenvalue weighted by atomic mass is 10.0. The molecule has 0 aromatic carbocycles. The second kappa shape index (κ2) is 12.4. The summed E-state index contributed by atoms with van der Waals surface area (Å²) in [5.74, 6) is -2.00. The van der Waals surface area contributed by atoms with E-state index in [0.717, 1.165) is 44.8 Å². The van der Waals surface area contributed by atoms with Gasteiger partial charge in [-0.2, -0.15) is 0 Å². The van der Waals surface area contributed by atoms with Crippen molar-refractivity contribution in [2.45, 2.75) is 52.7 Å². The number of fused-ring (bicyclic) bond motifs is 8. The SMILES string of the molecule is C=Cc1c2[nH]c(c1C)\C=c1[nH]c(/c(=C\O)c/1=C\C)=C\c1[nH]c(c(CCC(=O)O)c1C)/C=c1\[nH]/c(c(C(O)O)c1CCC(=O)O)=C\2. The molecule has 0 aliphatic carbocycles. The number of nitrogens with one attached hydrogen (secondary N) is 4. The van der Waals surface area contributed by atoms with Gasteiger partial charge in [0, 0.05) is 73.2 Å². The maximum atomic E-state index is 11.6. The first-order valence-electron chi connectivity index (χ1n) is 14.5. The topological polar surface area (TPSA) is 198 Å². The molecule has 4 aromatic heterocycles. The fourth-order valence-electron chi connectivity index (χ4n) is 6.13. The molecule has 4 aromatic rings. The number of aromatic nitrogens is 4. The highest BCUT2D eigenvalue weighted by Gasteiger charge is 2.20. The predicted molar refractivity (Wildman–Crippen MR) is 171 cm³/mol. The van der Waals surface area contributed by atoms with Crippen molar-refractivity contribution < 1.29 is 35.1 Å². The minimum atomic E-state index is -1.91. The molecular formula is C34H36N4O7. The Morgan fingerprint density at radius 1 is 0.756 bits per heavy atom. The smallest absolute Gasteiger partial charge is 0.303 e. The first kappa shape index (κ1) is 31.2. The van der Waals surface area contributed by atoms with Crippen molar-refractivity contribution in [3.05, 3.63) is 94.6 Å². The van der Waals surface area contributed by atoms with Gasteiger partial charge in [-0.05, 0) is 80.2 Å². The number of carbonyl (C=O) groups is 2. The third-order valence-electron chi connectivity index (χ3n) is 8.38. The number of aliphatic carboxylic acids is 2. The van der Waals surface area contributed by atoms with Gasteiger partial charge in [0.1, 0.15) is 0 Å². The van der Waals surface area contributed by atoms with Crippen LogP contribution in [0.25, 0.3) is 42.7 Å². The number of hydrogen-bond donors (Lipinski definition) is 9. The van der Waals surface area contributed by atoms with Gasteiger partial charge >= 0.3 is 11.9 Å². The van der Waals surface area contributed by atoms with Gasteiger partial charge in [0.2, 0.25) is 0 Å². The van der Waals surface area contributed by atoms with Gasteiger partial charge in [-0.15, -0.1) is 0 Å². The van der Waals surface area contributed by atoms with Crippen molar-refractivity contribution in [2.24, 2.45) is 0 Å². The van der Waals surface area contributed by atoms with Gasteiger partial charge in [0.15, 0.2) is 6.29 Å². The maximum absolute atomic E-state index is 11.6. The van der Waals surface area contributed by atoms with Crippen LogP contribution in [0.3, 0.4) is 0 Å². The summed E-state index contributed by atoms with van der Waals surface area (Å²) in [5.41, 5.74) is 6.40. The molecular weight excluding hydrogens is 576 g/mol. The lowest BCUT2D eigenvalue weighted by Crippen LogP contribution is -2.37. The van der Waals surface area contributed by atoms with Crippen LogP contribution in [0.2, 0.25) is 0 Å². The third kappa shape index (κ3) is 5.83. The molecule has 0 saturated heterocycles. The number of carboxylic acid groups (broad SMARTS) is 2. The molecule has 0 atom stereocenters. The number of H-pyrrole nitrogens is 4. The molecule has 234 valence electrons. The predicted octanol–water partition coefficient (Wildman–Crippen LogP) is 0.00144. The van der Waals surface area contributed by atoms with E-state index >= 15 is 0 Å². The molecule has 0 spiro atoms. The summed E-state index contributed by atoms with van der Waals surface area (Å²) in [4.78, 5) is 36.6. The summed E-state index contributed by atoms with van der Waals surface area (Å²) < 4.78 is 0. The van der Waals surface area contributed by atoms with Crippen LogP contribution in [0.1, 0.15) is 82.2 Å². The zero-order valence-electron chi connectivity index (χ0n) is 25.2. The summed E-state index contributed by atoms with van der Waals surface area (Å²) in [6.07, 6.45) is 9.81. The molecule has 5 rings (SSSR count). The van der Waals surface area contributed by atoms with Crippen LogP contribution in [0, 0.1) is 13.8 Å². The second-order valence-electron chi connectivity index (χ2n) is 11.0. The van der Waals surface area contributed by atoms with Crippen LogP contribution < -0.4 is 31.8 Å². The van der Waals surface area contributed by atoms with Gasteiger partial charge in [-0.25, -0.2) is 0 Å². The molecule has 11 heteroatoms. The lowest BCUT2D eigenvalue weighted by molar-refractivity contribution is -0.138. The number of carboxylic acids is 2. The maximum Gasteiger partial charge on any atom is 0.303 e. The highest BCUT2D eigenvalue weighted by atomic mass is 16.5. The first-order chi connectivity index (χ1) is 21.5. The normalized spacial score (nSPS) is 16.3. The Morgan fingerprint density at radius 2 is 1.29 bits per heavy atom. The quantitative estimate of drug-likeness (QED) is 0.110. The molecule has 0 fully saturated rings. The van der Waals surface area contributed by atoms with E-state index in [4.69, 9.17) is 0 Å². The van der Waals surface area contributed by atoms with Crippen LogP contribution in [-0.4, -0.2) is 57.4 Å². The van der Waals surface area contributed by atoms with Crippen molar-refractivity contribution in [1.82, 2.24) is 19.9 Å². The van der Waals surface area contributed by atoms with Gasteiger partial charge in [-0.3, -0.25) is 9.59 Å². The molecule has 1 aliphatic rings. The Hall–Kier alpha value is -5.26. The third-order valence-corrected chi connectivity index (χ3v) is 8.38. The summed E-state index contributed by atoms with van der Waals surface area (Å²) in [6.45, 7) is 9.66. The molecule has 8 bridgehead atoms. The van der Waals surface area contributed by atoms with Gasteiger partial charge < -0.3 is 45.5 Å². The first-order valence-corrected chi connectivity index (χ1v) is 14.5. The Balaban J connectivity index is 2.00. The fraction of sp³-hybridized carbons (Fsp3) is 0.235. The van der Waals surface area contributed by atoms with E-state index in [9.17, 15) is 35.1 Å². The van der Waals surface area contributed by atoms with Crippen LogP contribution in [0.4, 0.5) is 0 Å². The van der Waals surface area contributed by atoms with Crippen LogP contribution >= 0.6 is 0 Å². The molecule has 5 heterocycles. The molecule has 11 nitrogen and oxygen atoms in total. The van der Waals surface area contributed by atoms with Gasteiger partial charge in [-0.1, -0.05) is 18.7 Å². The Bertz CT molecular complexity index is 2220. The Labute approximate surface area is 256 Å². The summed E-state index contributed by atoms with van der Waals surface area (Å²) in [7, 11) is 0. The lowest BCUT2D eigenvalue weighted by Gasteiger charge is -2.06. The summed E-state index contributed by atoms with van der Waals surface area (Å²) >= 11 is 0. The average molecular weight is 613 g/mol. The van der Waals surface area contributed by atoms with Crippen molar-refractivity contribution in [3.8, 4) is 0 Å². The molecule has 0 amide bonds. The van der Waals surface area contributed by atoms with Crippen molar-refractivity contribution in [3.63, 3.8) is 0 Å². The monoisotopic (exact) mass is 612 g/mol. The largest absolute Gasteiger partial charge is 0.515 e. The molecule has 0 saturated carbocycles. The van der Waals surface area contributed by atoms with Crippen LogP contribution in [-0.2, 0) is 22.4 Å². The van der Waals surface area contributed by atoms with Gasteiger partial charge in [0.05, 0.1) is 11.6 Å².